The van der Waals surface area contributed by atoms with Gasteiger partial charge in [0.05, 0.1) is 17.6 Å². The lowest BCUT2D eigenvalue weighted by Crippen LogP contribution is -2.47. The molecule has 21 heavy (non-hydrogen) atoms. The highest BCUT2D eigenvalue weighted by Gasteiger charge is 2.53. The van der Waals surface area contributed by atoms with Crippen LogP contribution in [0.25, 0.3) is 0 Å². The highest BCUT2D eigenvalue weighted by Crippen LogP contribution is 2.49. The lowest BCUT2D eigenvalue weighted by molar-refractivity contribution is -0.125. The molecule has 4 nitrogen and oxygen atoms in total. The van der Waals surface area contributed by atoms with Gasteiger partial charge in [-0.15, -0.1) is 0 Å². The molecule has 0 radical (unpaired) electrons. The second-order valence-corrected chi connectivity index (χ2v) is 5.98. The topological polar surface area (TPSA) is 58.6 Å². The van der Waals surface area contributed by atoms with Gasteiger partial charge in [-0.2, -0.15) is 0 Å². The molecule has 0 spiro atoms. The zero-order chi connectivity index (χ0) is 15.0. The number of methoxy groups -OCH3 is 1. The first-order valence-electron chi connectivity index (χ1n) is 7.35. The summed E-state index contributed by atoms with van der Waals surface area (Å²) in [6.45, 7) is 0. The molecule has 1 amide bonds. The van der Waals surface area contributed by atoms with Crippen LogP contribution in [0.3, 0.4) is 0 Å². The second-order valence-electron chi connectivity index (χ2n) is 5.98. The van der Waals surface area contributed by atoms with E-state index in [9.17, 15) is 14.3 Å². The van der Waals surface area contributed by atoms with Crippen LogP contribution in [-0.2, 0) is 14.9 Å². The number of hydrogen-bond acceptors (Lipinski definition) is 3. The van der Waals surface area contributed by atoms with Crippen LogP contribution in [-0.4, -0.2) is 36.4 Å². The Kier molecular flexibility index (Phi) is 3.71. The molecule has 5 heteroatoms. The minimum absolute atomic E-state index is 0.187. The number of benzene rings is 1. The lowest BCUT2D eigenvalue weighted by atomic mass is 9.94. The fourth-order valence-electron chi connectivity index (χ4n) is 3.26. The SMILES string of the molecule is CO[C@@H]1CC[C@@H](NC(=O)C2(c3ccccc3F)CC2)[C@H]1O. The summed E-state index contributed by atoms with van der Waals surface area (Å²) >= 11 is 0. The number of carbonyl (C=O) groups is 1. The van der Waals surface area contributed by atoms with Crippen LogP contribution in [0.4, 0.5) is 4.39 Å². The van der Waals surface area contributed by atoms with Gasteiger partial charge < -0.3 is 15.2 Å². The van der Waals surface area contributed by atoms with Gasteiger partial charge in [-0.3, -0.25) is 4.79 Å². The maximum atomic E-state index is 13.9. The van der Waals surface area contributed by atoms with Crippen LogP contribution in [0.2, 0.25) is 0 Å². The number of rotatable bonds is 4. The third kappa shape index (κ3) is 2.45. The standard InChI is InChI=1S/C16H20FNO3/c1-21-13-7-6-12(14(13)19)18-15(20)16(8-9-16)10-4-2-3-5-11(10)17/h2-5,12-14,19H,6-9H2,1H3,(H,18,20)/t12-,13-,14-/m1/s1. The van der Waals surface area contributed by atoms with Gasteiger partial charge in [0.1, 0.15) is 11.9 Å². The van der Waals surface area contributed by atoms with E-state index >= 15 is 0 Å². The van der Waals surface area contributed by atoms with Crippen molar-refractivity contribution in [3.63, 3.8) is 0 Å². The van der Waals surface area contributed by atoms with Crippen LogP contribution < -0.4 is 5.32 Å². The summed E-state index contributed by atoms with van der Waals surface area (Å²) in [5, 5.41) is 13.0. The molecule has 2 aliphatic carbocycles. The van der Waals surface area contributed by atoms with Crippen molar-refractivity contribution in [1.82, 2.24) is 5.32 Å². The smallest absolute Gasteiger partial charge is 0.231 e. The molecule has 3 rings (SSSR count). The molecule has 1 aromatic rings. The summed E-state index contributed by atoms with van der Waals surface area (Å²) in [6.07, 6.45) is 1.76. The Labute approximate surface area is 123 Å². The average Bonchev–Trinajstić information content (AvgIpc) is 3.21. The fourth-order valence-corrected chi connectivity index (χ4v) is 3.26. The molecular weight excluding hydrogens is 273 g/mol. The van der Waals surface area contributed by atoms with E-state index in [0.717, 1.165) is 6.42 Å². The molecule has 114 valence electrons. The first kappa shape index (κ1) is 14.5. The molecule has 0 unspecified atom stereocenters. The molecular formula is C16H20FNO3. The number of amides is 1. The van der Waals surface area contributed by atoms with Crippen LogP contribution in [0.15, 0.2) is 24.3 Å². The molecule has 0 heterocycles. The van der Waals surface area contributed by atoms with Gasteiger partial charge in [0.25, 0.3) is 0 Å². The van der Waals surface area contributed by atoms with Crippen molar-refractivity contribution in [1.29, 1.82) is 0 Å². The maximum Gasteiger partial charge on any atom is 0.231 e. The van der Waals surface area contributed by atoms with E-state index in [1.807, 2.05) is 0 Å². The molecule has 0 aliphatic heterocycles. The van der Waals surface area contributed by atoms with Crippen molar-refractivity contribution in [3.8, 4) is 0 Å². The van der Waals surface area contributed by atoms with Crippen molar-refractivity contribution in [2.24, 2.45) is 0 Å². The number of ether oxygens (including phenoxy) is 1. The summed E-state index contributed by atoms with van der Waals surface area (Å²) in [4.78, 5) is 12.5. The predicted octanol–water partition coefficient (Wildman–Crippen LogP) is 1.51. The first-order valence-corrected chi connectivity index (χ1v) is 7.35. The highest BCUT2D eigenvalue weighted by molar-refractivity contribution is 5.91. The van der Waals surface area contributed by atoms with Gasteiger partial charge in [0.15, 0.2) is 0 Å². The number of aliphatic hydroxyl groups is 1. The number of halogens is 1. The Morgan fingerprint density at radius 3 is 2.67 bits per heavy atom. The Morgan fingerprint density at radius 2 is 2.10 bits per heavy atom. The van der Waals surface area contributed by atoms with Crippen molar-refractivity contribution in [2.75, 3.05) is 7.11 Å². The van der Waals surface area contributed by atoms with E-state index in [2.05, 4.69) is 5.32 Å². The van der Waals surface area contributed by atoms with E-state index in [4.69, 9.17) is 4.74 Å². The van der Waals surface area contributed by atoms with E-state index in [1.54, 1.807) is 25.3 Å². The molecule has 0 aromatic heterocycles. The van der Waals surface area contributed by atoms with Crippen molar-refractivity contribution in [3.05, 3.63) is 35.6 Å². The van der Waals surface area contributed by atoms with Crippen LogP contribution in [0.5, 0.6) is 0 Å². The summed E-state index contributed by atoms with van der Waals surface area (Å²) in [6, 6.07) is 6.11. The Balaban J connectivity index is 1.73. The minimum Gasteiger partial charge on any atom is -0.388 e. The zero-order valence-corrected chi connectivity index (χ0v) is 12.0. The van der Waals surface area contributed by atoms with E-state index in [0.29, 0.717) is 24.8 Å². The maximum absolute atomic E-state index is 13.9. The third-order valence-corrected chi connectivity index (χ3v) is 4.75. The number of hydrogen-bond donors (Lipinski definition) is 2. The Morgan fingerprint density at radius 1 is 1.38 bits per heavy atom. The van der Waals surface area contributed by atoms with Gasteiger partial charge in [-0.1, -0.05) is 18.2 Å². The molecule has 2 aliphatic rings. The molecule has 1 aromatic carbocycles. The van der Waals surface area contributed by atoms with E-state index < -0.39 is 11.5 Å². The monoisotopic (exact) mass is 293 g/mol. The van der Waals surface area contributed by atoms with E-state index in [1.165, 1.54) is 6.07 Å². The summed E-state index contributed by atoms with van der Waals surface area (Å²) in [5.41, 5.74) is -0.297. The zero-order valence-electron chi connectivity index (χ0n) is 12.0. The second kappa shape index (κ2) is 5.39. The van der Waals surface area contributed by atoms with Crippen molar-refractivity contribution < 1.29 is 19.0 Å². The van der Waals surface area contributed by atoms with Crippen LogP contribution in [0.1, 0.15) is 31.2 Å². The molecule has 0 bridgehead atoms. The van der Waals surface area contributed by atoms with Gasteiger partial charge in [0, 0.05) is 12.7 Å². The van der Waals surface area contributed by atoms with Gasteiger partial charge >= 0.3 is 0 Å². The quantitative estimate of drug-likeness (QED) is 0.885. The fraction of sp³-hybridized carbons (Fsp3) is 0.562. The largest absolute Gasteiger partial charge is 0.388 e. The lowest BCUT2D eigenvalue weighted by Gasteiger charge is -2.23. The molecule has 0 saturated heterocycles. The first-order chi connectivity index (χ1) is 10.1. The predicted molar refractivity (Wildman–Crippen MR) is 75.3 cm³/mol. The van der Waals surface area contributed by atoms with E-state index in [-0.39, 0.29) is 23.9 Å². The number of nitrogens with one attached hydrogen (secondary N) is 1. The summed E-state index contributed by atoms with van der Waals surface area (Å²) in [5.74, 6) is -0.528. The Hall–Kier alpha value is -1.46. The highest BCUT2D eigenvalue weighted by atomic mass is 19.1. The van der Waals surface area contributed by atoms with Crippen molar-refractivity contribution >= 4 is 5.91 Å². The summed E-state index contributed by atoms with van der Waals surface area (Å²) in [7, 11) is 1.56. The van der Waals surface area contributed by atoms with Crippen molar-refractivity contribution in [2.45, 2.75) is 49.3 Å². The van der Waals surface area contributed by atoms with Crippen LogP contribution in [0, 0.1) is 5.82 Å². The molecule has 3 atom stereocenters. The van der Waals surface area contributed by atoms with Gasteiger partial charge in [-0.05, 0) is 31.7 Å². The normalized spacial score (nSPS) is 30.1. The number of carbonyl (C=O) groups excluding carboxylic acids is 1. The Bertz CT molecular complexity index is 544. The van der Waals surface area contributed by atoms with Gasteiger partial charge in [-0.25, -0.2) is 4.39 Å². The average molecular weight is 293 g/mol. The minimum atomic E-state index is -0.754. The van der Waals surface area contributed by atoms with Crippen LogP contribution >= 0.6 is 0 Å². The molecule has 2 fully saturated rings. The summed E-state index contributed by atoms with van der Waals surface area (Å²) < 4.78 is 19.1. The third-order valence-electron chi connectivity index (χ3n) is 4.75. The molecule has 2 N–H and O–H groups in total. The van der Waals surface area contributed by atoms with Gasteiger partial charge in [0.2, 0.25) is 5.91 Å². The molecule has 2 saturated carbocycles. The number of aliphatic hydroxyl groups excluding tert-OH is 1.